The van der Waals surface area contributed by atoms with Crippen molar-refractivity contribution in [2.75, 3.05) is 11.5 Å². The zero-order valence-electron chi connectivity index (χ0n) is 14.1. The van der Waals surface area contributed by atoms with E-state index < -0.39 is 0 Å². The van der Waals surface area contributed by atoms with Crippen molar-refractivity contribution in [3.8, 4) is 0 Å². The first-order valence-corrected chi connectivity index (χ1v) is 9.70. The van der Waals surface area contributed by atoms with Gasteiger partial charge in [0.05, 0.1) is 43.9 Å². The lowest BCUT2D eigenvalue weighted by atomic mass is 10.1. The van der Waals surface area contributed by atoms with Gasteiger partial charge in [0.25, 0.3) is 0 Å². The van der Waals surface area contributed by atoms with Crippen LogP contribution in [-0.2, 0) is 0 Å². The van der Waals surface area contributed by atoms with E-state index in [1.807, 2.05) is 31.3 Å². The minimum absolute atomic E-state index is 0.601. The van der Waals surface area contributed by atoms with Crippen molar-refractivity contribution < 1.29 is 0 Å². The molecule has 0 saturated heterocycles. The molecule has 0 aliphatic carbocycles. The van der Waals surface area contributed by atoms with Crippen LogP contribution in [0.25, 0.3) is 42.2 Å². The van der Waals surface area contributed by atoms with Crippen molar-refractivity contribution in [1.29, 1.82) is 0 Å². The fourth-order valence-corrected chi connectivity index (χ4v) is 4.85. The van der Waals surface area contributed by atoms with Crippen LogP contribution in [-0.4, -0.2) is 30.4 Å². The average Bonchev–Trinajstić information content (AvgIpc) is 3.38. The van der Waals surface area contributed by atoms with Gasteiger partial charge in [-0.15, -0.1) is 0 Å². The molecule has 27 heavy (non-hydrogen) atoms. The van der Waals surface area contributed by atoms with Crippen molar-refractivity contribution in [2.24, 2.45) is 0 Å². The zero-order valence-corrected chi connectivity index (χ0v) is 15.8. The Labute approximate surface area is 160 Å². The Hall–Kier alpha value is -3.24. The van der Waals surface area contributed by atoms with E-state index >= 15 is 0 Å². The van der Waals surface area contributed by atoms with Crippen molar-refractivity contribution in [3.63, 3.8) is 0 Å². The molecule has 134 valence electrons. The highest BCUT2D eigenvalue weighted by Gasteiger charge is 2.09. The number of anilines is 2. The minimum Gasteiger partial charge on any atom is -0.375 e. The predicted molar refractivity (Wildman–Crippen MR) is 112 cm³/mol. The van der Waals surface area contributed by atoms with Gasteiger partial charge >= 0.3 is 0 Å². The molecule has 8 nitrogen and oxygen atoms in total. The number of H-pyrrole nitrogens is 2. The molecule has 0 aliphatic heterocycles. The number of aryl methyl sites for hydroxylation is 1. The van der Waals surface area contributed by atoms with Gasteiger partial charge in [-0.25, -0.2) is 9.97 Å². The normalized spacial score (nSPS) is 11.4. The monoisotopic (exact) mass is 394 g/mol. The van der Waals surface area contributed by atoms with Crippen LogP contribution in [0, 0.1) is 6.92 Å². The smallest absolute Gasteiger partial charge is 0.181 e. The van der Waals surface area contributed by atoms with Gasteiger partial charge in [-0.05, 0) is 30.7 Å². The van der Waals surface area contributed by atoms with Gasteiger partial charge in [-0.1, -0.05) is 22.7 Å². The number of aromatic amines is 2. The van der Waals surface area contributed by atoms with E-state index in [4.69, 9.17) is 11.5 Å². The highest BCUT2D eigenvalue weighted by Crippen LogP contribution is 2.32. The molecule has 10 heteroatoms. The molecule has 6 aromatic rings. The number of thiazole rings is 2. The van der Waals surface area contributed by atoms with Crippen LogP contribution in [0.3, 0.4) is 0 Å². The number of nitrogens with two attached hydrogens (primary N) is 2. The highest BCUT2D eigenvalue weighted by atomic mass is 32.1. The molecule has 0 bridgehead atoms. The van der Waals surface area contributed by atoms with Crippen molar-refractivity contribution in [1.82, 2.24) is 30.4 Å². The first kappa shape index (κ1) is 16.0. The molecule has 4 aromatic heterocycles. The lowest BCUT2D eigenvalue weighted by Crippen LogP contribution is -1.81. The third kappa shape index (κ3) is 2.57. The third-order valence-electron chi connectivity index (χ3n) is 4.28. The minimum atomic E-state index is 0.601. The molecular weight excluding hydrogens is 380 g/mol. The van der Waals surface area contributed by atoms with Gasteiger partial charge in [0, 0.05) is 10.8 Å². The number of hydrogen-bond donors (Lipinski definition) is 4. The lowest BCUT2D eigenvalue weighted by Gasteiger charge is -1.94. The largest absolute Gasteiger partial charge is 0.375 e. The number of fused-ring (bicyclic) bond motifs is 6. The molecule has 6 rings (SSSR count). The third-order valence-corrected chi connectivity index (χ3v) is 6.13. The summed E-state index contributed by atoms with van der Waals surface area (Å²) in [5.41, 5.74) is 16.4. The Morgan fingerprint density at radius 1 is 0.852 bits per heavy atom. The number of hydrogen-bond acceptors (Lipinski definition) is 8. The maximum absolute atomic E-state index is 5.70. The van der Waals surface area contributed by atoms with E-state index in [-0.39, 0.29) is 0 Å². The molecule has 0 unspecified atom stereocenters. The average molecular weight is 394 g/mol. The zero-order chi connectivity index (χ0) is 18.5. The van der Waals surface area contributed by atoms with Gasteiger partial charge in [0.15, 0.2) is 10.3 Å². The quantitative estimate of drug-likeness (QED) is 0.309. The summed E-state index contributed by atoms with van der Waals surface area (Å²) in [6.07, 6.45) is 3.62. The van der Waals surface area contributed by atoms with Crippen LogP contribution in [0.1, 0.15) is 5.56 Å². The Morgan fingerprint density at radius 2 is 1.52 bits per heavy atom. The number of rotatable bonds is 0. The van der Waals surface area contributed by atoms with Crippen LogP contribution in [0.4, 0.5) is 10.3 Å². The number of nitrogens with one attached hydrogen (secondary N) is 2. The molecule has 2 aromatic carbocycles. The van der Waals surface area contributed by atoms with E-state index in [0.717, 1.165) is 47.8 Å². The highest BCUT2D eigenvalue weighted by molar-refractivity contribution is 7.23. The second-order valence-electron chi connectivity index (χ2n) is 6.05. The number of nitrogens with zero attached hydrogens (tertiary/aromatic N) is 4. The van der Waals surface area contributed by atoms with Crippen LogP contribution >= 0.6 is 22.7 Å². The number of nitrogen functional groups attached to an aromatic ring is 2. The summed E-state index contributed by atoms with van der Waals surface area (Å²) in [7, 11) is 0. The van der Waals surface area contributed by atoms with Gasteiger partial charge in [-0.3, -0.25) is 10.2 Å². The van der Waals surface area contributed by atoms with E-state index in [9.17, 15) is 0 Å². The molecule has 6 N–H and O–H groups in total. The van der Waals surface area contributed by atoms with Gasteiger partial charge < -0.3 is 11.5 Å². The van der Waals surface area contributed by atoms with Crippen LogP contribution in [0.15, 0.2) is 30.6 Å². The van der Waals surface area contributed by atoms with Gasteiger partial charge in [0.1, 0.15) is 0 Å². The predicted octanol–water partition coefficient (Wildman–Crippen LogP) is 3.82. The topological polar surface area (TPSA) is 135 Å². The Morgan fingerprint density at radius 3 is 2.33 bits per heavy atom. The van der Waals surface area contributed by atoms with Gasteiger partial charge in [0.2, 0.25) is 0 Å². The maximum atomic E-state index is 5.70. The Kier molecular flexibility index (Phi) is 3.49. The standard InChI is InChI=1S/C9H8N4S.C8H6N4S/c1-4-2-6-5(3-11-13-6)8-7(4)12-9(10)14-8;9-8-11-6-2-1-5-4(3-10-12-5)7(6)13-8/h2-3H,1H3,(H2,10,12)(H,11,13);1-3H,(H2,9,11)(H,10,12). The van der Waals surface area contributed by atoms with Crippen LogP contribution in [0.2, 0.25) is 0 Å². The summed E-state index contributed by atoms with van der Waals surface area (Å²) in [5, 5.41) is 17.2. The van der Waals surface area contributed by atoms with E-state index in [2.05, 4.69) is 30.4 Å². The SMILES string of the molecule is Cc1cc2[nH]ncc2c2sc(N)nc12.Nc1nc2ccc3[nH]ncc3c2s1. The fraction of sp³-hybridized carbons (Fsp3) is 0.0588. The van der Waals surface area contributed by atoms with Gasteiger partial charge in [-0.2, -0.15) is 10.2 Å². The molecule has 0 amide bonds. The van der Waals surface area contributed by atoms with Crippen molar-refractivity contribution in [3.05, 3.63) is 36.2 Å². The molecule has 0 fully saturated rings. The van der Waals surface area contributed by atoms with Crippen LogP contribution < -0.4 is 11.5 Å². The Balaban J connectivity index is 0.000000119. The molecular formula is C17H14N8S2. The molecule has 0 spiro atoms. The summed E-state index contributed by atoms with van der Waals surface area (Å²) in [6.45, 7) is 2.03. The summed E-state index contributed by atoms with van der Waals surface area (Å²) >= 11 is 3.00. The van der Waals surface area contributed by atoms with E-state index in [1.54, 1.807) is 6.20 Å². The molecule has 0 aliphatic rings. The summed E-state index contributed by atoms with van der Waals surface area (Å²) in [5.74, 6) is 0. The first-order valence-electron chi connectivity index (χ1n) is 8.07. The maximum Gasteiger partial charge on any atom is 0.181 e. The fourth-order valence-electron chi connectivity index (χ4n) is 3.08. The Bertz CT molecular complexity index is 1420. The number of benzene rings is 2. The summed E-state index contributed by atoms with van der Waals surface area (Å²) in [4.78, 5) is 8.49. The van der Waals surface area contributed by atoms with E-state index in [0.29, 0.717) is 10.3 Å². The molecule has 0 atom stereocenters. The second kappa shape index (κ2) is 5.89. The first-order chi connectivity index (χ1) is 13.1. The molecule has 0 radical (unpaired) electrons. The summed E-state index contributed by atoms with van der Waals surface area (Å²) < 4.78 is 2.22. The van der Waals surface area contributed by atoms with Crippen molar-refractivity contribution >= 4 is 75.2 Å². The van der Waals surface area contributed by atoms with E-state index in [1.165, 1.54) is 22.7 Å². The molecule has 4 heterocycles. The van der Waals surface area contributed by atoms with Crippen LogP contribution in [0.5, 0.6) is 0 Å². The molecule has 0 saturated carbocycles. The summed E-state index contributed by atoms with van der Waals surface area (Å²) in [6, 6.07) is 5.95. The number of aromatic nitrogens is 6. The van der Waals surface area contributed by atoms with Crippen molar-refractivity contribution in [2.45, 2.75) is 6.92 Å². The lowest BCUT2D eigenvalue weighted by molar-refractivity contribution is 1.12. The second-order valence-corrected chi connectivity index (χ2v) is 8.11.